The molecular weight excluding hydrogens is 282 g/mol. The third-order valence-electron chi connectivity index (χ3n) is 3.91. The van der Waals surface area contributed by atoms with Gasteiger partial charge in [-0.05, 0) is 11.0 Å². The fourth-order valence-corrected chi connectivity index (χ4v) is 2.55. The Balaban J connectivity index is 2.19. The minimum absolute atomic E-state index is 0.154. The molecule has 5 heteroatoms. The lowest BCUT2D eigenvalue weighted by Gasteiger charge is -2.27. The van der Waals surface area contributed by atoms with Gasteiger partial charge in [-0.15, -0.1) is 0 Å². The summed E-state index contributed by atoms with van der Waals surface area (Å²) in [5.41, 5.74) is 0.791. The second-order valence-electron chi connectivity index (χ2n) is 6.63. The summed E-state index contributed by atoms with van der Waals surface area (Å²) >= 11 is 0. The van der Waals surface area contributed by atoms with Crippen molar-refractivity contribution in [1.82, 2.24) is 4.90 Å². The van der Waals surface area contributed by atoms with Crippen LogP contribution in [0.5, 0.6) is 0 Å². The number of carbonyl (C=O) groups is 2. The average Bonchev–Trinajstić information content (AvgIpc) is 2.87. The monoisotopic (exact) mass is 305 g/mol. The van der Waals surface area contributed by atoms with Gasteiger partial charge >= 0.3 is 12.1 Å². The second kappa shape index (κ2) is 6.38. The van der Waals surface area contributed by atoms with E-state index < -0.39 is 12.1 Å². The number of hydrogen-bond acceptors (Lipinski definition) is 4. The summed E-state index contributed by atoms with van der Waals surface area (Å²) in [7, 11) is 1.32. The molecule has 0 spiro atoms. The molecular formula is C17H23NO4. The van der Waals surface area contributed by atoms with E-state index in [1.807, 2.05) is 51.1 Å². The normalized spacial score (nSPS) is 21.4. The highest BCUT2D eigenvalue weighted by molar-refractivity contribution is 5.83. The lowest BCUT2D eigenvalue weighted by molar-refractivity contribution is -0.148. The van der Waals surface area contributed by atoms with Crippen LogP contribution >= 0.6 is 0 Å². The van der Waals surface area contributed by atoms with Crippen molar-refractivity contribution in [2.45, 2.75) is 45.9 Å². The fraction of sp³-hybridized carbons (Fsp3) is 0.529. The minimum atomic E-state index is -0.600. The number of esters is 1. The van der Waals surface area contributed by atoms with Crippen molar-refractivity contribution in [3.8, 4) is 0 Å². The van der Waals surface area contributed by atoms with Crippen LogP contribution < -0.4 is 0 Å². The van der Waals surface area contributed by atoms with Crippen molar-refractivity contribution in [3.63, 3.8) is 0 Å². The van der Waals surface area contributed by atoms with Crippen LogP contribution in [-0.2, 0) is 20.8 Å². The molecule has 1 aliphatic heterocycles. The fourth-order valence-electron chi connectivity index (χ4n) is 2.55. The lowest BCUT2D eigenvalue weighted by atomic mass is 9.86. The summed E-state index contributed by atoms with van der Waals surface area (Å²) < 4.78 is 10.3. The number of cyclic esters (lactones) is 1. The van der Waals surface area contributed by atoms with Crippen molar-refractivity contribution in [2.75, 3.05) is 7.11 Å². The standard InChI is InChI=1S/C17H23NO4/c1-17(2,3)14-10-13(15(19)22-14)18(16(20)21-4)11-12-8-6-5-7-9-12/h5-9,13-14H,10-11H2,1-4H3/t13-,14-/m1/s1. The quantitative estimate of drug-likeness (QED) is 0.806. The predicted molar refractivity (Wildman–Crippen MR) is 82.1 cm³/mol. The number of nitrogens with zero attached hydrogens (tertiary/aromatic N) is 1. The number of ether oxygens (including phenoxy) is 2. The molecule has 1 heterocycles. The zero-order chi connectivity index (χ0) is 16.3. The number of hydrogen-bond donors (Lipinski definition) is 0. The molecule has 2 rings (SSSR count). The molecule has 0 bridgehead atoms. The summed E-state index contributed by atoms with van der Waals surface area (Å²) in [6, 6.07) is 8.93. The Labute approximate surface area is 131 Å². The van der Waals surface area contributed by atoms with Crippen LogP contribution in [0.15, 0.2) is 30.3 Å². The third kappa shape index (κ3) is 3.59. The van der Waals surface area contributed by atoms with Crippen LogP contribution in [0, 0.1) is 5.41 Å². The van der Waals surface area contributed by atoms with Gasteiger partial charge in [-0.2, -0.15) is 0 Å². The maximum atomic E-state index is 12.2. The van der Waals surface area contributed by atoms with E-state index in [2.05, 4.69) is 0 Å². The van der Waals surface area contributed by atoms with E-state index in [0.717, 1.165) is 5.56 Å². The van der Waals surface area contributed by atoms with E-state index in [-0.39, 0.29) is 17.5 Å². The van der Waals surface area contributed by atoms with Crippen LogP contribution in [0.1, 0.15) is 32.8 Å². The van der Waals surface area contributed by atoms with E-state index in [1.165, 1.54) is 12.0 Å². The van der Waals surface area contributed by atoms with Gasteiger partial charge in [0, 0.05) is 13.0 Å². The molecule has 22 heavy (non-hydrogen) atoms. The molecule has 1 amide bonds. The Morgan fingerprint density at radius 1 is 1.32 bits per heavy atom. The van der Waals surface area contributed by atoms with Gasteiger partial charge < -0.3 is 9.47 Å². The highest BCUT2D eigenvalue weighted by atomic mass is 16.6. The van der Waals surface area contributed by atoms with Crippen LogP contribution in [0.3, 0.4) is 0 Å². The number of rotatable bonds is 3. The van der Waals surface area contributed by atoms with E-state index in [0.29, 0.717) is 13.0 Å². The Kier molecular flexibility index (Phi) is 4.74. The van der Waals surface area contributed by atoms with Crippen molar-refractivity contribution >= 4 is 12.1 Å². The maximum Gasteiger partial charge on any atom is 0.410 e. The van der Waals surface area contributed by atoms with Crippen molar-refractivity contribution in [1.29, 1.82) is 0 Å². The van der Waals surface area contributed by atoms with E-state index in [9.17, 15) is 9.59 Å². The molecule has 5 nitrogen and oxygen atoms in total. The molecule has 0 aliphatic carbocycles. The summed E-state index contributed by atoms with van der Waals surface area (Å²) in [5, 5.41) is 0. The first-order valence-corrected chi connectivity index (χ1v) is 7.42. The van der Waals surface area contributed by atoms with E-state index in [1.54, 1.807) is 0 Å². The van der Waals surface area contributed by atoms with Crippen LogP contribution in [-0.4, -0.2) is 36.2 Å². The molecule has 0 N–H and O–H groups in total. The molecule has 1 fully saturated rings. The van der Waals surface area contributed by atoms with Gasteiger partial charge in [-0.3, -0.25) is 4.90 Å². The first kappa shape index (κ1) is 16.3. The first-order valence-electron chi connectivity index (χ1n) is 7.42. The third-order valence-corrected chi connectivity index (χ3v) is 3.91. The number of benzene rings is 1. The van der Waals surface area contributed by atoms with Gasteiger partial charge in [0.25, 0.3) is 0 Å². The second-order valence-corrected chi connectivity index (χ2v) is 6.63. The molecule has 0 aromatic heterocycles. The molecule has 1 aliphatic rings. The minimum Gasteiger partial charge on any atom is -0.460 e. The smallest absolute Gasteiger partial charge is 0.410 e. The zero-order valence-corrected chi connectivity index (χ0v) is 13.5. The van der Waals surface area contributed by atoms with Gasteiger partial charge in [0.2, 0.25) is 0 Å². The number of amides is 1. The van der Waals surface area contributed by atoms with Crippen molar-refractivity contribution < 1.29 is 19.1 Å². The van der Waals surface area contributed by atoms with Gasteiger partial charge in [0.1, 0.15) is 12.1 Å². The van der Waals surface area contributed by atoms with Crippen molar-refractivity contribution in [3.05, 3.63) is 35.9 Å². The Morgan fingerprint density at radius 2 is 1.95 bits per heavy atom. The zero-order valence-electron chi connectivity index (χ0n) is 13.5. The molecule has 0 radical (unpaired) electrons. The largest absolute Gasteiger partial charge is 0.460 e. The Hall–Kier alpha value is -2.04. The Morgan fingerprint density at radius 3 is 2.45 bits per heavy atom. The molecule has 2 atom stereocenters. The topological polar surface area (TPSA) is 55.8 Å². The lowest BCUT2D eigenvalue weighted by Crippen LogP contribution is -2.42. The molecule has 1 aromatic rings. The molecule has 1 saturated heterocycles. The van der Waals surface area contributed by atoms with Crippen LogP contribution in [0.25, 0.3) is 0 Å². The van der Waals surface area contributed by atoms with Gasteiger partial charge in [0.05, 0.1) is 7.11 Å². The SMILES string of the molecule is COC(=O)N(Cc1ccccc1)[C@@H]1C[C@H](C(C)(C)C)OC1=O. The summed E-state index contributed by atoms with van der Waals surface area (Å²) in [6.45, 7) is 6.39. The number of carbonyl (C=O) groups excluding carboxylic acids is 2. The highest BCUT2D eigenvalue weighted by Crippen LogP contribution is 2.33. The van der Waals surface area contributed by atoms with E-state index in [4.69, 9.17) is 9.47 Å². The summed E-state index contributed by atoms with van der Waals surface area (Å²) in [5.74, 6) is -0.360. The van der Waals surface area contributed by atoms with Gasteiger partial charge in [-0.25, -0.2) is 9.59 Å². The first-order chi connectivity index (χ1) is 10.3. The van der Waals surface area contributed by atoms with Crippen molar-refractivity contribution in [2.24, 2.45) is 5.41 Å². The van der Waals surface area contributed by atoms with Gasteiger partial charge in [-0.1, -0.05) is 51.1 Å². The Bertz CT molecular complexity index is 535. The molecule has 0 saturated carbocycles. The molecule has 120 valence electrons. The molecule has 1 aromatic carbocycles. The summed E-state index contributed by atoms with van der Waals surface area (Å²) in [6.07, 6.45) is -0.224. The van der Waals surface area contributed by atoms with Gasteiger partial charge in [0.15, 0.2) is 0 Å². The number of methoxy groups -OCH3 is 1. The summed E-state index contributed by atoms with van der Waals surface area (Å²) in [4.78, 5) is 25.8. The molecule has 0 unspecified atom stereocenters. The van der Waals surface area contributed by atoms with Crippen LogP contribution in [0.4, 0.5) is 4.79 Å². The highest BCUT2D eigenvalue weighted by Gasteiger charge is 2.45. The predicted octanol–water partition coefficient (Wildman–Crippen LogP) is 2.99. The average molecular weight is 305 g/mol. The maximum absolute atomic E-state index is 12.2. The van der Waals surface area contributed by atoms with E-state index >= 15 is 0 Å². The van der Waals surface area contributed by atoms with Crippen LogP contribution in [0.2, 0.25) is 0 Å².